The topological polar surface area (TPSA) is 63.3 Å². The number of thiazole rings is 1. The lowest BCUT2D eigenvalue weighted by Gasteiger charge is -2.13. The van der Waals surface area contributed by atoms with Gasteiger partial charge >= 0.3 is 0 Å². The minimum Gasteiger partial charge on any atom is -0.370 e. The van der Waals surface area contributed by atoms with E-state index in [9.17, 15) is 0 Å². The number of anilines is 1. The summed E-state index contributed by atoms with van der Waals surface area (Å²) in [5.74, 6) is 0.472. The van der Waals surface area contributed by atoms with Crippen LogP contribution in [-0.2, 0) is 24.7 Å². The summed E-state index contributed by atoms with van der Waals surface area (Å²) in [6.45, 7) is 7.21. The lowest BCUT2D eigenvalue weighted by atomic mass is 9.98. The second-order valence-corrected chi connectivity index (χ2v) is 8.23. The highest BCUT2D eigenvalue weighted by molar-refractivity contribution is 7.09. The number of aromatic nitrogens is 1. The Bertz CT molecular complexity index is 740. The summed E-state index contributed by atoms with van der Waals surface area (Å²) in [6, 6.07) is 6.48. The molecule has 0 aliphatic heterocycles. The molecule has 1 aliphatic carbocycles. The molecule has 0 fully saturated rings. The van der Waals surface area contributed by atoms with E-state index in [1.165, 1.54) is 35.4 Å². The molecule has 0 saturated heterocycles. The fourth-order valence-electron chi connectivity index (χ4n) is 2.89. The zero-order chi connectivity index (χ0) is 17.2. The number of fused-ring (bicyclic) bond motifs is 1. The summed E-state index contributed by atoms with van der Waals surface area (Å²) < 4.78 is 0. The van der Waals surface area contributed by atoms with E-state index in [1.807, 2.05) is 0 Å². The van der Waals surface area contributed by atoms with E-state index in [0.29, 0.717) is 12.5 Å². The van der Waals surface area contributed by atoms with Crippen LogP contribution in [0.25, 0.3) is 0 Å². The van der Waals surface area contributed by atoms with E-state index in [4.69, 9.17) is 5.73 Å². The van der Waals surface area contributed by atoms with Gasteiger partial charge in [0.25, 0.3) is 0 Å². The molecule has 0 radical (unpaired) electrons. The van der Waals surface area contributed by atoms with Crippen LogP contribution in [0.5, 0.6) is 0 Å². The molecule has 1 aliphatic rings. The Hall–Kier alpha value is -1.88. The van der Waals surface area contributed by atoms with Crippen molar-refractivity contribution in [3.63, 3.8) is 0 Å². The van der Waals surface area contributed by atoms with E-state index in [-0.39, 0.29) is 5.41 Å². The molecule has 128 valence electrons. The summed E-state index contributed by atoms with van der Waals surface area (Å²) in [6.07, 6.45) is 4.44. The van der Waals surface area contributed by atoms with Crippen molar-refractivity contribution in [3.05, 3.63) is 45.4 Å². The Labute approximate surface area is 148 Å². The quantitative estimate of drug-likeness (QED) is 0.654. The van der Waals surface area contributed by atoms with Crippen LogP contribution in [0.15, 0.2) is 28.6 Å². The molecule has 1 aromatic heterocycles. The fraction of sp³-hybridized carbons (Fsp3) is 0.474. The third-order valence-corrected chi connectivity index (χ3v) is 5.53. The molecule has 24 heavy (non-hydrogen) atoms. The SMILES string of the molecule is CC(C)(C)c1nc(CCN=C(N)Nc2ccc3c(c2)CCC3)cs1. The number of hydrogen-bond acceptors (Lipinski definition) is 3. The molecule has 0 bridgehead atoms. The van der Waals surface area contributed by atoms with Crippen molar-refractivity contribution in [2.75, 3.05) is 11.9 Å². The van der Waals surface area contributed by atoms with Gasteiger partial charge in [-0.1, -0.05) is 26.8 Å². The highest BCUT2D eigenvalue weighted by Crippen LogP contribution is 2.26. The Balaban J connectivity index is 1.54. The fourth-order valence-corrected chi connectivity index (χ4v) is 3.84. The van der Waals surface area contributed by atoms with Crippen LogP contribution in [0.1, 0.15) is 49.0 Å². The zero-order valence-corrected chi connectivity index (χ0v) is 15.5. The van der Waals surface area contributed by atoms with Gasteiger partial charge in [0.05, 0.1) is 10.7 Å². The number of nitrogens with one attached hydrogen (secondary N) is 1. The highest BCUT2D eigenvalue weighted by atomic mass is 32.1. The van der Waals surface area contributed by atoms with Crippen LogP contribution in [0.3, 0.4) is 0 Å². The average molecular weight is 343 g/mol. The zero-order valence-electron chi connectivity index (χ0n) is 14.7. The first-order chi connectivity index (χ1) is 11.4. The van der Waals surface area contributed by atoms with Crippen molar-refractivity contribution in [1.82, 2.24) is 4.98 Å². The Morgan fingerprint density at radius 1 is 1.29 bits per heavy atom. The Kier molecular flexibility index (Phi) is 4.90. The monoisotopic (exact) mass is 342 g/mol. The number of aliphatic imine (C=N–C) groups is 1. The summed E-state index contributed by atoms with van der Waals surface area (Å²) in [5.41, 5.74) is 11.1. The number of nitrogens with two attached hydrogens (primary N) is 1. The van der Waals surface area contributed by atoms with Gasteiger partial charge in [0.15, 0.2) is 5.96 Å². The van der Waals surface area contributed by atoms with Gasteiger partial charge in [-0.25, -0.2) is 4.98 Å². The first-order valence-corrected chi connectivity index (χ1v) is 9.43. The predicted molar refractivity (Wildman–Crippen MR) is 103 cm³/mol. The molecule has 0 saturated carbocycles. The number of guanidine groups is 1. The molecule has 5 heteroatoms. The molecule has 2 aromatic rings. The van der Waals surface area contributed by atoms with E-state index in [1.54, 1.807) is 11.3 Å². The lowest BCUT2D eigenvalue weighted by molar-refractivity contribution is 0.583. The highest BCUT2D eigenvalue weighted by Gasteiger charge is 2.17. The minimum absolute atomic E-state index is 0.111. The van der Waals surface area contributed by atoms with Crippen molar-refractivity contribution in [1.29, 1.82) is 0 Å². The van der Waals surface area contributed by atoms with Gasteiger partial charge in [-0.05, 0) is 42.5 Å². The van der Waals surface area contributed by atoms with Gasteiger partial charge in [0.2, 0.25) is 0 Å². The van der Waals surface area contributed by atoms with Gasteiger partial charge < -0.3 is 11.1 Å². The Morgan fingerprint density at radius 3 is 2.83 bits per heavy atom. The van der Waals surface area contributed by atoms with Crippen molar-refractivity contribution >= 4 is 23.0 Å². The van der Waals surface area contributed by atoms with Crippen LogP contribution in [0.4, 0.5) is 5.69 Å². The van der Waals surface area contributed by atoms with Crippen molar-refractivity contribution < 1.29 is 0 Å². The third-order valence-electron chi connectivity index (χ3n) is 4.21. The molecule has 0 atom stereocenters. The molecular weight excluding hydrogens is 316 g/mol. The van der Waals surface area contributed by atoms with Gasteiger partial charge in [-0.15, -0.1) is 11.3 Å². The summed E-state index contributed by atoms with van der Waals surface area (Å²) in [7, 11) is 0. The third kappa shape index (κ3) is 4.15. The van der Waals surface area contributed by atoms with Gasteiger partial charge in [-0.2, -0.15) is 0 Å². The van der Waals surface area contributed by atoms with Gasteiger partial charge in [0.1, 0.15) is 0 Å². The molecule has 3 rings (SSSR count). The van der Waals surface area contributed by atoms with Crippen LogP contribution in [-0.4, -0.2) is 17.5 Å². The van der Waals surface area contributed by atoms with E-state index in [0.717, 1.165) is 17.8 Å². The summed E-state index contributed by atoms with van der Waals surface area (Å²) in [4.78, 5) is 9.12. The first-order valence-electron chi connectivity index (χ1n) is 8.55. The van der Waals surface area contributed by atoms with Crippen LogP contribution in [0, 0.1) is 0 Å². The molecule has 1 heterocycles. The average Bonchev–Trinajstić information content (AvgIpc) is 3.14. The number of hydrogen-bond donors (Lipinski definition) is 2. The van der Waals surface area contributed by atoms with Crippen LogP contribution < -0.4 is 11.1 Å². The molecule has 1 aromatic carbocycles. The van der Waals surface area contributed by atoms with E-state index in [2.05, 4.69) is 59.6 Å². The molecule has 0 spiro atoms. The van der Waals surface area contributed by atoms with E-state index >= 15 is 0 Å². The predicted octanol–water partition coefficient (Wildman–Crippen LogP) is 3.90. The molecule has 0 amide bonds. The molecule has 3 N–H and O–H groups in total. The van der Waals surface area contributed by atoms with Gasteiger partial charge in [-0.3, -0.25) is 4.99 Å². The molecule has 0 unspecified atom stereocenters. The van der Waals surface area contributed by atoms with Crippen molar-refractivity contribution in [2.45, 2.75) is 51.9 Å². The van der Waals surface area contributed by atoms with Crippen LogP contribution >= 0.6 is 11.3 Å². The summed E-state index contributed by atoms with van der Waals surface area (Å²) in [5, 5.41) is 6.49. The van der Waals surface area contributed by atoms with Crippen molar-refractivity contribution in [2.24, 2.45) is 10.7 Å². The number of aryl methyl sites for hydroxylation is 2. The number of nitrogens with zero attached hydrogens (tertiary/aromatic N) is 2. The first kappa shape index (κ1) is 17.0. The largest absolute Gasteiger partial charge is 0.370 e. The molecule has 4 nitrogen and oxygen atoms in total. The lowest BCUT2D eigenvalue weighted by Crippen LogP contribution is -2.23. The Morgan fingerprint density at radius 2 is 2.08 bits per heavy atom. The van der Waals surface area contributed by atoms with Crippen molar-refractivity contribution in [3.8, 4) is 0 Å². The second kappa shape index (κ2) is 6.93. The van der Waals surface area contributed by atoms with E-state index < -0.39 is 0 Å². The molecular formula is C19H26N4S. The smallest absolute Gasteiger partial charge is 0.193 e. The summed E-state index contributed by atoms with van der Waals surface area (Å²) >= 11 is 1.72. The van der Waals surface area contributed by atoms with Crippen LogP contribution in [0.2, 0.25) is 0 Å². The number of rotatable bonds is 4. The van der Waals surface area contributed by atoms with Gasteiger partial charge in [0, 0.05) is 29.4 Å². The maximum absolute atomic E-state index is 6.01. The maximum Gasteiger partial charge on any atom is 0.193 e. The number of benzene rings is 1. The maximum atomic E-state index is 6.01. The standard InChI is InChI=1S/C19H26N4S/c1-19(2,3)17-22-16(12-24-17)9-10-21-18(20)23-15-8-7-13-5-4-6-14(13)11-15/h7-8,11-12H,4-6,9-10H2,1-3H3,(H3,20,21,23). The minimum atomic E-state index is 0.111. The second-order valence-electron chi connectivity index (χ2n) is 7.37. The normalized spacial score (nSPS) is 14.7.